The Balaban J connectivity index is 1.57. The van der Waals surface area contributed by atoms with Gasteiger partial charge in [-0.2, -0.15) is 0 Å². The largest absolute Gasteiger partial charge is 0.367 e. The van der Waals surface area contributed by atoms with Crippen molar-refractivity contribution in [1.29, 1.82) is 0 Å². The first-order valence-electron chi connectivity index (χ1n) is 8.06. The molecule has 2 aliphatic rings. The Morgan fingerprint density at radius 1 is 1.30 bits per heavy atom. The van der Waals surface area contributed by atoms with Gasteiger partial charge in [0.05, 0.1) is 5.52 Å². The van der Waals surface area contributed by atoms with E-state index in [2.05, 4.69) is 41.0 Å². The molecule has 2 N–H and O–H groups in total. The van der Waals surface area contributed by atoms with Crippen molar-refractivity contribution < 1.29 is 4.79 Å². The van der Waals surface area contributed by atoms with E-state index in [0.29, 0.717) is 5.92 Å². The van der Waals surface area contributed by atoms with Gasteiger partial charge in [-0.25, -0.2) is 9.97 Å². The van der Waals surface area contributed by atoms with Gasteiger partial charge in [0, 0.05) is 22.7 Å². The highest BCUT2D eigenvalue weighted by Gasteiger charge is 2.65. The lowest BCUT2D eigenvalue weighted by Crippen LogP contribution is -2.17. The van der Waals surface area contributed by atoms with Crippen LogP contribution in [0.3, 0.4) is 0 Å². The Hall–Kier alpha value is -2.43. The Morgan fingerprint density at radius 3 is 2.74 bits per heavy atom. The van der Waals surface area contributed by atoms with E-state index in [-0.39, 0.29) is 11.9 Å². The summed E-state index contributed by atoms with van der Waals surface area (Å²) < 4.78 is 0. The number of nitrogens with one attached hydrogen (secondary N) is 2. The minimum absolute atomic E-state index is 0.0724. The Labute approximate surface area is 135 Å². The molecule has 2 aromatic rings. The second-order valence-corrected chi connectivity index (χ2v) is 6.82. The molecule has 0 bridgehead atoms. The molecule has 2 unspecified atom stereocenters. The van der Waals surface area contributed by atoms with Gasteiger partial charge in [0.15, 0.2) is 0 Å². The van der Waals surface area contributed by atoms with Crippen LogP contribution in [0.2, 0.25) is 0 Å². The zero-order chi connectivity index (χ0) is 16.1. The van der Waals surface area contributed by atoms with Crippen molar-refractivity contribution in [2.45, 2.75) is 26.3 Å². The third kappa shape index (κ3) is 2.56. The summed E-state index contributed by atoms with van der Waals surface area (Å²) in [7, 11) is 0. The number of fused-ring (bicyclic) bond motifs is 2. The first-order chi connectivity index (χ1) is 11.0. The lowest BCUT2D eigenvalue weighted by atomic mass is 10.0. The van der Waals surface area contributed by atoms with Crippen molar-refractivity contribution in [3.8, 4) is 0 Å². The van der Waals surface area contributed by atoms with Crippen molar-refractivity contribution in [3.63, 3.8) is 0 Å². The predicted octanol–water partition coefficient (Wildman–Crippen LogP) is 3.21. The Bertz CT molecular complexity index is 806. The van der Waals surface area contributed by atoms with E-state index in [1.807, 2.05) is 18.2 Å². The number of amides is 1. The number of hydrogen-bond donors (Lipinski definition) is 2. The quantitative estimate of drug-likeness (QED) is 0.832. The third-order valence-corrected chi connectivity index (χ3v) is 4.69. The second-order valence-electron chi connectivity index (χ2n) is 6.82. The second kappa shape index (κ2) is 5.05. The molecule has 4 rings (SSSR count). The molecule has 0 spiro atoms. The van der Waals surface area contributed by atoms with E-state index in [4.69, 9.17) is 0 Å². The van der Waals surface area contributed by atoms with Crippen LogP contribution in [0, 0.1) is 17.8 Å². The highest BCUT2D eigenvalue weighted by atomic mass is 16.1. The summed E-state index contributed by atoms with van der Waals surface area (Å²) in [5.41, 5.74) is 2.32. The molecule has 1 heterocycles. The summed E-state index contributed by atoms with van der Waals surface area (Å²) in [6.07, 6.45) is 2.82. The maximum absolute atomic E-state index is 12.3. The molecule has 1 aromatic carbocycles. The molecule has 2 aliphatic carbocycles. The first-order valence-corrected chi connectivity index (χ1v) is 8.06. The Morgan fingerprint density at radius 2 is 2.09 bits per heavy atom. The smallest absolute Gasteiger partial charge is 0.251 e. The van der Waals surface area contributed by atoms with E-state index in [0.717, 1.165) is 39.8 Å². The fraction of sp³-hybridized carbons (Fsp3) is 0.389. The summed E-state index contributed by atoms with van der Waals surface area (Å²) >= 11 is 0. The maximum Gasteiger partial charge on any atom is 0.251 e. The van der Waals surface area contributed by atoms with Gasteiger partial charge in [0.2, 0.25) is 0 Å². The number of aromatic nitrogens is 2. The molecule has 2 atom stereocenters. The summed E-state index contributed by atoms with van der Waals surface area (Å²) in [5, 5.41) is 7.17. The highest BCUT2D eigenvalue weighted by molar-refractivity contribution is 6.05. The molecule has 1 amide bonds. The van der Waals surface area contributed by atoms with Crippen molar-refractivity contribution >= 4 is 28.3 Å². The van der Waals surface area contributed by atoms with E-state index in [1.165, 1.54) is 6.42 Å². The van der Waals surface area contributed by atoms with Crippen molar-refractivity contribution in [3.05, 3.63) is 36.7 Å². The number of benzene rings is 1. The zero-order valence-electron chi connectivity index (χ0n) is 13.3. The van der Waals surface area contributed by atoms with Crippen LogP contribution in [-0.2, 0) is 4.79 Å². The summed E-state index contributed by atoms with van der Waals surface area (Å²) in [4.78, 5) is 20.9. The normalized spacial score (nSPS) is 24.2. The van der Waals surface area contributed by atoms with Gasteiger partial charge >= 0.3 is 0 Å². The van der Waals surface area contributed by atoms with Gasteiger partial charge in [0.1, 0.15) is 12.1 Å². The molecule has 1 aromatic heterocycles. The number of nitrogens with zero attached hydrogens (tertiary/aromatic N) is 2. The van der Waals surface area contributed by atoms with Crippen molar-refractivity contribution in [2.24, 2.45) is 17.8 Å². The topological polar surface area (TPSA) is 66.9 Å². The fourth-order valence-electron chi connectivity index (χ4n) is 3.18. The number of rotatable bonds is 5. The lowest BCUT2D eigenvalue weighted by Gasteiger charge is -2.13. The molecule has 0 aliphatic heterocycles. The van der Waals surface area contributed by atoms with E-state index >= 15 is 0 Å². The van der Waals surface area contributed by atoms with Crippen LogP contribution < -0.4 is 10.6 Å². The molecule has 118 valence electrons. The number of anilines is 2. The first kappa shape index (κ1) is 14.2. The van der Waals surface area contributed by atoms with Gasteiger partial charge in [-0.3, -0.25) is 4.79 Å². The Kier molecular flexibility index (Phi) is 3.11. The molecule has 2 fully saturated rings. The minimum atomic E-state index is -0.0724. The average Bonchev–Trinajstić information content (AvgIpc) is 3.38. The molecule has 2 saturated carbocycles. The van der Waals surface area contributed by atoms with Crippen LogP contribution in [0.1, 0.15) is 20.3 Å². The van der Waals surface area contributed by atoms with Gasteiger partial charge in [-0.15, -0.1) is 0 Å². The van der Waals surface area contributed by atoms with E-state index in [1.54, 1.807) is 6.33 Å². The van der Waals surface area contributed by atoms with Gasteiger partial charge < -0.3 is 10.6 Å². The predicted molar refractivity (Wildman–Crippen MR) is 91.2 cm³/mol. The molecule has 5 heteroatoms. The SMILES string of the molecule is C=C(C(=O)Nc1ccc2ncnc(NC(C)C)c2c1)C1C2CC21. The van der Waals surface area contributed by atoms with Gasteiger partial charge in [-0.1, -0.05) is 6.58 Å². The van der Waals surface area contributed by atoms with Crippen LogP contribution in [0.25, 0.3) is 10.9 Å². The molecule has 0 saturated heterocycles. The lowest BCUT2D eigenvalue weighted by molar-refractivity contribution is -0.113. The minimum Gasteiger partial charge on any atom is -0.367 e. The maximum atomic E-state index is 12.3. The molecular weight excluding hydrogens is 288 g/mol. The number of carbonyl (C=O) groups excluding carboxylic acids is 1. The zero-order valence-corrected chi connectivity index (χ0v) is 13.3. The van der Waals surface area contributed by atoms with E-state index in [9.17, 15) is 4.79 Å². The van der Waals surface area contributed by atoms with Crippen LogP contribution >= 0.6 is 0 Å². The highest BCUT2D eigenvalue weighted by Crippen LogP contribution is 2.70. The van der Waals surface area contributed by atoms with Crippen molar-refractivity contribution in [1.82, 2.24) is 9.97 Å². The monoisotopic (exact) mass is 308 g/mol. The van der Waals surface area contributed by atoms with Gasteiger partial charge in [-0.05, 0) is 56.2 Å². The number of carbonyl (C=O) groups is 1. The average molecular weight is 308 g/mol. The van der Waals surface area contributed by atoms with Crippen LogP contribution in [-0.4, -0.2) is 21.9 Å². The van der Waals surface area contributed by atoms with E-state index < -0.39 is 0 Å². The van der Waals surface area contributed by atoms with Crippen molar-refractivity contribution in [2.75, 3.05) is 10.6 Å². The van der Waals surface area contributed by atoms with Crippen LogP contribution in [0.15, 0.2) is 36.7 Å². The number of hydrogen-bond acceptors (Lipinski definition) is 4. The summed E-state index contributed by atoms with van der Waals surface area (Å²) in [6.45, 7) is 8.08. The third-order valence-electron chi connectivity index (χ3n) is 4.69. The fourth-order valence-corrected chi connectivity index (χ4v) is 3.18. The van der Waals surface area contributed by atoms with Crippen LogP contribution in [0.4, 0.5) is 11.5 Å². The summed E-state index contributed by atoms with van der Waals surface area (Å²) in [5.74, 6) is 2.61. The summed E-state index contributed by atoms with van der Waals surface area (Å²) in [6, 6.07) is 5.95. The molecule has 5 nitrogen and oxygen atoms in total. The molecule has 23 heavy (non-hydrogen) atoms. The molecular formula is C18H20N4O. The van der Waals surface area contributed by atoms with Gasteiger partial charge in [0.25, 0.3) is 5.91 Å². The molecule has 0 radical (unpaired) electrons. The van der Waals surface area contributed by atoms with Crippen LogP contribution in [0.5, 0.6) is 0 Å². The standard InChI is InChI=1S/C18H20N4O/c1-9(2)21-17-14-6-11(4-5-15(14)19-8-20-17)22-18(23)10(3)16-12-7-13(12)16/h4-6,8-9,12-13,16H,3,7H2,1-2H3,(H,22,23)(H,19,20,21).